The van der Waals surface area contributed by atoms with E-state index in [0.29, 0.717) is 0 Å². The van der Waals surface area contributed by atoms with Gasteiger partial charge in [-0.3, -0.25) is 4.79 Å². The standard InChI is InChI=1S/C11H12O3S/c1-3-10(12)8-9-4-6-11(7-5-9)15(2,13)14/h3-7H,1,8H2,2H3. The lowest BCUT2D eigenvalue weighted by molar-refractivity contribution is -0.114. The minimum atomic E-state index is -3.16. The third-order valence-electron chi connectivity index (χ3n) is 1.96. The van der Waals surface area contributed by atoms with E-state index in [1.807, 2.05) is 0 Å². The molecule has 1 aromatic carbocycles. The van der Waals surface area contributed by atoms with E-state index in [-0.39, 0.29) is 17.1 Å². The second-order valence-electron chi connectivity index (χ2n) is 3.26. The van der Waals surface area contributed by atoms with E-state index in [1.165, 1.54) is 18.2 Å². The molecule has 4 heteroatoms. The van der Waals surface area contributed by atoms with Crippen LogP contribution in [0.25, 0.3) is 0 Å². The highest BCUT2D eigenvalue weighted by atomic mass is 32.2. The summed E-state index contributed by atoms with van der Waals surface area (Å²) in [5, 5.41) is 0. The predicted octanol–water partition coefficient (Wildman–Crippen LogP) is 1.39. The first-order valence-electron chi connectivity index (χ1n) is 4.38. The maximum atomic E-state index is 11.1. The van der Waals surface area contributed by atoms with Crippen LogP contribution in [0, 0.1) is 0 Å². The van der Waals surface area contributed by atoms with Gasteiger partial charge in [-0.1, -0.05) is 18.7 Å². The van der Waals surface area contributed by atoms with Crippen LogP contribution in [-0.4, -0.2) is 20.5 Å². The molecule has 0 aromatic heterocycles. The third-order valence-corrected chi connectivity index (χ3v) is 3.09. The smallest absolute Gasteiger partial charge is 0.175 e. The van der Waals surface area contributed by atoms with Crippen LogP contribution in [0.2, 0.25) is 0 Å². The van der Waals surface area contributed by atoms with Crippen molar-refractivity contribution in [2.75, 3.05) is 6.26 Å². The molecule has 0 bridgehead atoms. The molecule has 0 atom stereocenters. The maximum Gasteiger partial charge on any atom is 0.175 e. The highest BCUT2D eigenvalue weighted by Gasteiger charge is 2.06. The molecule has 0 radical (unpaired) electrons. The molecule has 0 saturated carbocycles. The Balaban J connectivity index is 2.91. The van der Waals surface area contributed by atoms with E-state index in [2.05, 4.69) is 6.58 Å². The summed E-state index contributed by atoms with van der Waals surface area (Å²) in [6.07, 6.45) is 2.66. The van der Waals surface area contributed by atoms with Gasteiger partial charge in [-0.25, -0.2) is 8.42 Å². The largest absolute Gasteiger partial charge is 0.295 e. The van der Waals surface area contributed by atoms with Crippen molar-refractivity contribution in [3.63, 3.8) is 0 Å². The van der Waals surface area contributed by atoms with Gasteiger partial charge in [-0.15, -0.1) is 0 Å². The summed E-state index contributed by atoms with van der Waals surface area (Å²) in [5.41, 5.74) is 0.785. The number of benzene rings is 1. The van der Waals surface area contributed by atoms with E-state index in [0.717, 1.165) is 11.8 Å². The monoisotopic (exact) mass is 224 g/mol. The molecular weight excluding hydrogens is 212 g/mol. The second kappa shape index (κ2) is 4.40. The highest BCUT2D eigenvalue weighted by molar-refractivity contribution is 7.90. The first-order valence-corrected chi connectivity index (χ1v) is 6.27. The number of sulfone groups is 1. The van der Waals surface area contributed by atoms with E-state index >= 15 is 0 Å². The molecule has 1 rings (SSSR count). The average Bonchev–Trinajstić information content (AvgIpc) is 2.17. The molecule has 0 saturated heterocycles. The molecule has 3 nitrogen and oxygen atoms in total. The fourth-order valence-corrected chi connectivity index (χ4v) is 1.76. The van der Waals surface area contributed by atoms with Gasteiger partial charge in [-0.2, -0.15) is 0 Å². The molecule has 0 aliphatic heterocycles. The quantitative estimate of drug-likeness (QED) is 0.726. The van der Waals surface area contributed by atoms with Crippen molar-refractivity contribution in [3.05, 3.63) is 42.5 Å². The SMILES string of the molecule is C=CC(=O)Cc1ccc(S(C)(=O)=O)cc1. The van der Waals surface area contributed by atoms with Crippen molar-refractivity contribution >= 4 is 15.6 Å². The number of hydrogen-bond donors (Lipinski definition) is 0. The Bertz CT molecular complexity index is 469. The molecular formula is C11H12O3S. The van der Waals surface area contributed by atoms with Crippen molar-refractivity contribution < 1.29 is 13.2 Å². The molecule has 15 heavy (non-hydrogen) atoms. The predicted molar refractivity (Wildman–Crippen MR) is 58.5 cm³/mol. The third kappa shape index (κ3) is 3.32. The lowest BCUT2D eigenvalue weighted by atomic mass is 10.1. The zero-order valence-electron chi connectivity index (χ0n) is 8.43. The number of allylic oxidation sites excluding steroid dienone is 1. The summed E-state index contributed by atoms with van der Waals surface area (Å²) >= 11 is 0. The van der Waals surface area contributed by atoms with Gasteiger partial charge in [-0.05, 0) is 23.8 Å². The zero-order chi connectivity index (χ0) is 11.5. The fraction of sp³-hybridized carbons (Fsp3) is 0.182. The zero-order valence-corrected chi connectivity index (χ0v) is 9.25. The molecule has 80 valence electrons. The van der Waals surface area contributed by atoms with Gasteiger partial charge < -0.3 is 0 Å². The molecule has 0 aliphatic carbocycles. The van der Waals surface area contributed by atoms with Crippen LogP contribution >= 0.6 is 0 Å². The fourth-order valence-electron chi connectivity index (χ4n) is 1.13. The van der Waals surface area contributed by atoms with Gasteiger partial charge in [0.05, 0.1) is 4.90 Å². The van der Waals surface area contributed by atoms with Crippen molar-refractivity contribution in [2.45, 2.75) is 11.3 Å². The Morgan fingerprint density at radius 1 is 1.33 bits per heavy atom. The van der Waals surface area contributed by atoms with E-state index in [1.54, 1.807) is 12.1 Å². The number of carbonyl (C=O) groups is 1. The summed E-state index contributed by atoms with van der Waals surface area (Å²) < 4.78 is 22.3. The van der Waals surface area contributed by atoms with Crippen molar-refractivity contribution in [2.24, 2.45) is 0 Å². The average molecular weight is 224 g/mol. The van der Waals surface area contributed by atoms with E-state index in [4.69, 9.17) is 0 Å². The molecule has 0 amide bonds. The van der Waals surface area contributed by atoms with Crippen LogP contribution in [0.3, 0.4) is 0 Å². The van der Waals surface area contributed by atoms with Crippen molar-refractivity contribution in [1.29, 1.82) is 0 Å². The Morgan fingerprint density at radius 3 is 2.27 bits per heavy atom. The summed E-state index contributed by atoms with van der Waals surface area (Å²) in [4.78, 5) is 11.3. The lowest BCUT2D eigenvalue weighted by Crippen LogP contribution is -2.00. The van der Waals surface area contributed by atoms with Crippen molar-refractivity contribution in [1.82, 2.24) is 0 Å². The van der Waals surface area contributed by atoms with E-state index in [9.17, 15) is 13.2 Å². The maximum absolute atomic E-state index is 11.1. The summed E-state index contributed by atoms with van der Waals surface area (Å²) in [6, 6.07) is 6.28. The van der Waals surface area contributed by atoms with Crippen LogP contribution in [0.5, 0.6) is 0 Å². The van der Waals surface area contributed by atoms with Gasteiger partial charge in [0.15, 0.2) is 15.6 Å². The van der Waals surface area contributed by atoms with Gasteiger partial charge in [0.1, 0.15) is 0 Å². The number of rotatable bonds is 4. The van der Waals surface area contributed by atoms with Gasteiger partial charge in [0, 0.05) is 12.7 Å². The Labute approximate surface area is 89.4 Å². The van der Waals surface area contributed by atoms with Crippen molar-refractivity contribution in [3.8, 4) is 0 Å². The number of carbonyl (C=O) groups excluding carboxylic acids is 1. The minimum absolute atomic E-state index is 0.0814. The molecule has 1 aromatic rings. The van der Waals surface area contributed by atoms with Crippen LogP contribution in [0.15, 0.2) is 41.8 Å². The molecule has 0 heterocycles. The lowest BCUT2D eigenvalue weighted by Gasteiger charge is -2.00. The first kappa shape index (κ1) is 11.7. The van der Waals surface area contributed by atoms with Crippen LogP contribution in [0.1, 0.15) is 5.56 Å². The molecule has 0 N–H and O–H groups in total. The summed E-state index contributed by atoms with van der Waals surface area (Å²) in [6.45, 7) is 3.37. The molecule has 0 fully saturated rings. The Hall–Kier alpha value is -1.42. The van der Waals surface area contributed by atoms with Gasteiger partial charge >= 0.3 is 0 Å². The van der Waals surface area contributed by atoms with Gasteiger partial charge in [0.2, 0.25) is 0 Å². The highest BCUT2D eigenvalue weighted by Crippen LogP contribution is 2.10. The summed E-state index contributed by atoms with van der Waals surface area (Å²) in [7, 11) is -3.16. The Kier molecular flexibility index (Phi) is 3.42. The van der Waals surface area contributed by atoms with Crippen LogP contribution in [-0.2, 0) is 21.1 Å². The Morgan fingerprint density at radius 2 is 1.87 bits per heavy atom. The summed E-state index contributed by atoms with van der Waals surface area (Å²) in [5.74, 6) is -0.0814. The molecule has 0 unspecified atom stereocenters. The first-order chi connectivity index (χ1) is 6.93. The van der Waals surface area contributed by atoms with Crippen LogP contribution in [0.4, 0.5) is 0 Å². The normalized spacial score (nSPS) is 11.0. The minimum Gasteiger partial charge on any atom is -0.295 e. The molecule has 0 spiro atoms. The topological polar surface area (TPSA) is 51.2 Å². The molecule has 0 aliphatic rings. The van der Waals surface area contributed by atoms with Gasteiger partial charge in [0.25, 0.3) is 0 Å². The van der Waals surface area contributed by atoms with Crippen LogP contribution < -0.4 is 0 Å². The number of hydrogen-bond acceptors (Lipinski definition) is 3. The number of ketones is 1. The van der Waals surface area contributed by atoms with E-state index < -0.39 is 9.84 Å². The second-order valence-corrected chi connectivity index (χ2v) is 5.28.